The molecule has 1 aliphatic heterocycles. The number of hydrogen-bond acceptors (Lipinski definition) is 3. The van der Waals surface area contributed by atoms with Gasteiger partial charge in [-0.2, -0.15) is 0 Å². The van der Waals surface area contributed by atoms with Crippen molar-refractivity contribution in [2.45, 2.75) is 35.7 Å². The van der Waals surface area contributed by atoms with Crippen LogP contribution in [0.3, 0.4) is 0 Å². The lowest BCUT2D eigenvalue weighted by Gasteiger charge is -2.23. The lowest BCUT2D eigenvalue weighted by molar-refractivity contribution is 0.512. The Bertz CT molecular complexity index is 166. The van der Waals surface area contributed by atoms with Crippen LogP contribution >= 0.6 is 31.4 Å². The van der Waals surface area contributed by atoms with E-state index in [0.29, 0.717) is 0 Å². The van der Waals surface area contributed by atoms with Crippen molar-refractivity contribution in [2.75, 3.05) is 0 Å². The van der Waals surface area contributed by atoms with E-state index in [2.05, 4.69) is 21.6 Å². The van der Waals surface area contributed by atoms with Crippen LogP contribution in [0, 0.1) is 5.92 Å². The predicted molar refractivity (Wildman–Crippen MR) is 51.3 cm³/mol. The maximum absolute atomic E-state index is 2.18. The van der Waals surface area contributed by atoms with Gasteiger partial charge >= 0.3 is 0 Å². The molecule has 0 amide bonds. The summed E-state index contributed by atoms with van der Waals surface area (Å²) in [5.74, 6) is 1.12. The van der Waals surface area contributed by atoms with Crippen LogP contribution in [0.2, 0.25) is 0 Å². The van der Waals surface area contributed by atoms with Gasteiger partial charge in [-0.25, -0.2) is 0 Å². The van der Waals surface area contributed by atoms with Crippen LogP contribution < -0.4 is 0 Å². The summed E-state index contributed by atoms with van der Waals surface area (Å²) < 4.78 is 0.764. The van der Waals surface area contributed by atoms with E-state index in [1.165, 1.54) is 19.3 Å². The molecule has 2 saturated carbocycles. The van der Waals surface area contributed by atoms with Gasteiger partial charge in [-0.15, -0.1) is 0 Å². The summed E-state index contributed by atoms with van der Waals surface area (Å²) in [6, 6.07) is 0. The first-order chi connectivity index (χ1) is 4.89. The van der Waals surface area contributed by atoms with Gasteiger partial charge in [-0.05, 0) is 41.4 Å². The van der Waals surface area contributed by atoms with Crippen molar-refractivity contribution in [3.8, 4) is 0 Å². The number of rotatable bonds is 0. The SMILES string of the molecule is C1CC23CC1CC2SSS3. The third kappa shape index (κ3) is 0.695. The molecule has 1 spiro atoms. The molecule has 3 unspecified atom stereocenters. The fourth-order valence-corrected chi connectivity index (χ4v) is 9.74. The van der Waals surface area contributed by atoms with Crippen LogP contribution in [0.5, 0.6) is 0 Å². The highest BCUT2D eigenvalue weighted by atomic mass is 33.5. The van der Waals surface area contributed by atoms with Crippen molar-refractivity contribution in [1.82, 2.24) is 0 Å². The lowest BCUT2D eigenvalue weighted by Crippen LogP contribution is -2.26. The van der Waals surface area contributed by atoms with Crippen LogP contribution in [0.25, 0.3) is 0 Å². The Balaban J connectivity index is 1.99. The van der Waals surface area contributed by atoms with Crippen LogP contribution in [-0.2, 0) is 0 Å². The van der Waals surface area contributed by atoms with Crippen molar-refractivity contribution in [1.29, 1.82) is 0 Å². The Morgan fingerprint density at radius 3 is 3.20 bits per heavy atom. The topological polar surface area (TPSA) is 0 Å². The fourth-order valence-electron chi connectivity index (χ4n) is 2.54. The summed E-state index contributed by atoms with van der Waals surface area (Å²) in [5, 5.41) is 1.03. The lowest BCUT2D eigenvalue weighted by atomic mass is 10.00. The summed E-state index contributed by atoms with van der Waals surface area (Å²) in [7, 11) is 6.38. The van der Waals surface area contributed by atoms with Gasteiger partial charge < -0.3 is 0 Å². The van der Waals surface area contributed by atoms with E-state index >= 15 is 0 Å². The Morgan fingerprint density at radius 2 is 2.40 bits per heavy atom. The molecule has 56 valence electrons. The minimum atomic E-state index is 0.764. The van der Waals surface area contributed by atoms with Crippen molar-refractivity contribution in [3.05, 3.63) is 0 Å². The molecule has 0 nitrogen and oxygen atoms in total. The van der Waals surface area contributed by atoms with Crippen LogP contribution in [-0.4, -0.2) is 10.00 Å². The molecule has 0 aromatic rings. The van der Waals surface area contributed by atoms with Gasteiger partial charge in [-0.3, -0.25) is 0 Å². The smallest absolute Gasteiger partial charge is 0.0401 e. The highest BCUT2D eigenvalue weighted by Gasteiger charge is 2.56. The average Bonchev–Trinajstić information content (AvgIpc) is 2.48. The van der Waals surface area contributed by atoms with Gasteiger partial charge in [0, 0.05) is 10.00 Å². The zero-order valence-corrected chi connectivity index (χ0v) is 8.16. The second-order valence-corrected chi connectivity index (χ2v) is 8.23. The molecule has 2 aliphatic carbocycles. The molecule has 3 rings (SSSR count). The molecule has 0 aromatic heterocycles. The quantitative estimate of drug-likeness (QED) is 0.538. The predicted octanol–water partition coefficient (Wildman–Crippen LogP) is 3.34. The van der Waals surface area contributed by atoms with Crippen molar-refractivity contribution < 1.29 is 0 Å². The van der Waals surface area contributed by atoms with E-state index in [-0.39, 0.29) is 0 Å². The van der Waals surface area contributed by atoms with Gasteiger partial charge in [0.15, 0.2) is 0 Å². The summed E-state index contributed by atoms with van der Waals surface area (Å²) in [6.45, 7) is 0. The third-order valence-corrected chi connectivity index (χ3v) is 8.71. The first kappa shape index (κ1) is 6.55. The Kier molecular flexibility index (Phi) is 1.34. The molecule has 0 aromatic carbocycles. The van der Waals surface area contributed by atoms with Gasteiger partial charge in [0.2, 0.25) is 0 Å². The van der Waals surface area contributed by atoms with Crippen molar-refractivity contribution in [3.63, 3.8) is 0 Å². The van der Waals surface area contributed by atoms with E-state index in [0.717, 1.165) is 15.9 Å². The van der Waals surface area contributed by atoms with Gasteiger partial charge in [0.05, 0.1) is 0 Å². The van der Waals surface area contributed by atoms with Crippen molar-refractivity contribution >= 4 is 31.4 Å². The summed E-state index contributed by atoms with van der Waals surface area (Å²) in [6.07, 6.45) is 6.13. The largest absolute Gasteiger partial charge is 0.0776 e. The van der Waals surface area contributed by atoms with Gasteiger partial charge in [0.25, 0.3) is 0 Å². The molecular weight excluding hydrogens is 180 g/mol. The highest BCUT2D eigenvalue weighted by molar-refractivity contribution is 9.11. The first-order valence-corrected chi connectivity index (χ1v) is 7.45. The standard InChI is InChI=1S/C7H10S3/c1-2-7-4-5(1)3-6(7)8-10-9-7/h5-6H,1-4H2. The molecule has 3 aliphatic rings. The van der Waals surface area contributed by atoms with Gasteiger partial charge in [0.1, 0.15) is 0 Å². The molecule has 0 radical (unpaired) electrons. The molecule has 0 N–H and O–H groups in total. The van der Waals surface area contributed by atoms with E-state index in [1.54, 1.807) is 6.42 Å². The number of hydrogen-bond donors (Lipinski definition) is 0. The maximum Gasteiger partial charge on any atom is 0.0401 e. The monoisotopic (exact) mass is 190 g/mol. The Hall–Kier alpha value is 1.05. The second-order valence-electron chi connectivity index (χ2n) is 3.65. The molecule has 1 heterocycles. The molecule has 10 heavy (non-hydrogen) atoms. The molecular formula is C7H10S3. The minimum absolute atomic E-state index is 0.764. The third-order valence-electron chi connectivity index (χ3n) is 3.10. The average molecular weight is 190 g/mol. The molecule has 2 bridgehead atoms. The summed E-state index contributed by atoms with van der Waals surface area (Å²) >= 11 is 0. The molecule has 3 atom stereocenters. The van der Waals surface area contributed by atoms with Crippen LogP contribution in [0.15, 0.2) is 0 Å². The van der Waals surface area contributed by atoms with E-state index in [1.807, 2.05) is 9.83 Å². The molecule has 1 saturated heterocycles. The molecule has 3 fully saturated rings. The van der Waals surface area contributed by atoms with E-state index in [4.69, 9.17) is 0 Å². The summed E-state index contributed by atoms with van der Waals surface area (Å²) in [5.41, 5.74) is 0. The Labute approximate surface area is 73.1 Å². The zero-order valence-electron chi connectivity index (χ0n) is 5.71. The zero-order chi connectivity index (χ0) is 6.60. The van der Waals surface area contributed by atoms with E-state index < -0.39 is 0 Å². The van der Waals surface area contributed by atoms with Crippen molar-refractivity contribution in [2.24, 2.45) is 5.92 Å². The van der Waals surface area contributed by atoms with Crippen LogP contribution in [0.4, 0.5) is 0 Å². The van der Waals surface area contributed by atoms with Crippen LogP contribution in [0.1, 0.15) is 25.7 Å². The normalized spacial score (nSPS) is 57.6. The minimum Gasteiger partial charge on any atom is -0.0776 e. The molecule has 3 heteroatoms. The van der Waals surface area contributed by atoms with Gasteiger partial charge in [-0.1, -0.05) is 21.6 Å². The number of fused-ring (bicyclic) bond motifs is 1. The Morgan fingerprint density at radius 1 is 1.40 bits per heavy atom. The summed E-state index contributed by atoms with van der Waals surface area (Å²) in [4.78, 5) is 0. The first-order valence-electron chi connectivity index (χ1n) is 3.90. The van der Waals surface area contributed by atoms with E-state index in [9.17, 15) is 0 Å². The second kappa shape index (κ2) is 2.05. The highest BCUT2D eigenvalue weighted by Crippen LogP contribution is 2.70. The fraction of sp³-hybridized carbons (Fsp3) is 1.00. The maximum atomic E-state index is 2.18.